The van der Waals surface area contributed by atoms with E-state index in [0.29, 0.717) is 0 Å². The standard InChI is InChI=1S/C12H11FO/c1-10(14)4-2-3-5-11-6-8-12(13)9-7-11/h2-9H,1H3. The summed E-state index contributed by atoms with van der Waals surface area (Å²) in [4.78, 5) is 10.5. The van der Waals surface area contributed by atoms with Crippen molar-refractivity contribution in [3.63, 3.8) is 0 Å². The molecule has 2 heteroatoms. The van der Waals surface area contributed by atoms with Gasteiger partial charge in [0.2, 0.25) is 0 Å². The molecule has 1 aromatic rings. The van der Waals surface area contributed by atoms with E-state index in [1.807, 2.05) is 0 Å². The lowest BCUT2D eigenvalue weighted by atomic mass is 10.2. The molecule has 0 spiro atoms. The van der Waals surface area contributed by atoms with Crippen LogP contribution < -0.4 is 0 Å². The number of halogens is 1. The molecule has 1 nitrogen and oxygen atoms in total. The largest absolute Gasteiger partial charge is 0.295 e. The van der Waals surface area contributed by atoms with Gasteiger partial charge in [-0.15, -0.1) is 0 Å². The van der Waals surface area contributed by atoms with Crippen LogP contribution >= 0.6 is 0 Å². The van der Waals surface area contributed by atoms with E-state index in [1.165, 1.54) is 25.1 Å². The fraction of sp³-hybridized carbons (Fsp3) is 0.0833. The zero-order valence-corrected chi connectivity index (χ0v) is 7.91. The predicted octanol–water partition coefficient (Wildman–Crippen LogP) is 2.98. The SMILES string of the molecule is CC(=O)C=CC=Cc1ccc(F)cc1. The van der Waals surface area contributed by atoms with E-state index >= 15 is 0 Å². The van der Waals surface area contributed by atoms with Gasteiger partial charge in [-0.2, -0.15) is 0 Å². The van der Waals surface area contributed by atoms with Crippen LogP contribution in [0.4, 0.5) is 4.39 Å². The summed E-state index contributed by atoms with van der Waals surface area (Å²) in [6, 6.07) is 6.14. The third kappa shape index (κ3) is 3.81. The monoisotopic (exact) mass is 190 g/mol. The molecule has 0 fully saturated rings. The lowest BCUT2D eigenvalue weighted by Gasteiger charge is -1.90. The van der Waals surface area contributed by atoms with Crippen LogP contribution in [0, 0.1) is 5.82 Å². The van der Waals surface area contributed by atoms with Crippen molar-refractivity contribution >= 4 is 11.9 Å². The van der Waals surface area contributed by atoms with Crippen LogP contribution in [0.1, 0.15) is 12.5 Å². The van der Waals surface area contributed by atoms with Gasteiger partial charge in [-0.25, -0.2) is 4.39 Å². The summed E-state index contributed by atoms with van der Waals surface area (Å²) >= 11 is 0. The molecule has 0 N–H and O–H groups in total. The van der Waals surface area contributed by atoms with Crippen molar-refractivity contribution in [1.29, 1.82) is 0 Å². The summed E-state index contributed by atoms with van der Waals surface area (Å²) in [5, 5.41) is 0. The number of carbonyl (C=O) groups is 1. The summed E-state index contributed by atoms with van der Waals surface area (Å²) in [5.74, 6) is -0.241. The summed E-state index contributed by atoms with van der Waals surface area (Å²) in [6.07, 6.45) is 6.68. The van der Waals surface area contributed by atoms with E-state index in [4.69, 9.17) is 0 Å². The van der Waals surface area contributed by atoms with Crippen molar-refractivity contribution < 1.29 is 9.18 Å². The van der Waals surface area contributed by atoms with Crippen molar-refractivity contribution in [2.75, 3.05) is 0 Å². The highest BCUT2D eigenvalue weighted by molar-refractivity contribution is 5.87. The van der Waals surface area contributed by atoms with Gasteiger partial charge in [-0.05, 0) is 30.7 Å². The maximum atomic E-state index is 12.5. The highest BCUT2D eigenvalue weighted by atomic mass is 19.1. The van der Waals surface area contributed by atoms with Gasteiger partial charge in [-0.1, -0.05) is 30.4 Å². The van der Waals surface area contributed by atoms with Crippen molar-refractivity contribution in [3.05, 3.63) is 53.9 Å². The number of benzene rings is 1. The number of hydrogen-bond acceptors (Lipinski definition) is 1. The van der Waals surface area contributed by atoms with E-state index in [1.54, 1.807) is 30.4 Å². The van der Waals surface area contributed by atoms with E-state index in [-0.39, 0.29) is 11.6 Å². The highest BCUT2D eigenvalue weighted by Crippen LogP contribution is 2.04. The molecule has 1 aromatic carbocycles. The Labute approximate surface area is 82.6 Å². The Bertz CT molecular complexity index is 360. The number of hydrogen-bond donors (Lipinski definition) is 0. The first kappa shape index (κ1) is 10.4. The number of rotatable bonds is 3. The molecule has 0 aliphatic carbocycles. The lowest BCUT2D eigenvalue weighted by Crippen LogP contribution is -1.77. The maximum Gasteiger partial charge on any atom is 0.152 e. The van der Waals surface area contributed by atoms with Gasteiger partial charge in [0.15, 0.2) is 5.78 Å². The second-order valence-corrected chi connectivity index (χ2v) is 2.88. The first-order valence-corrected chi connectivity index (χ1v) is 4.29. The van der Waals surface area contributed by atoms with Gasteiger partial charge in [0.25, 0.3) is 0 Å². The summed E-state index contributed by atoms with van der Waals surface area (Å²) in [5.41, 5.74) is 0.902. The Morgan fingerprint density at radius 2 is 1.86 bits per heavy atom. The van der Waals surface area contributed by atoms with Crippen LogP contribution in [0.2, 0.25) is 0 Å². The third-order valence-corrected chi connectivity index (χ3v) is 1.60. The second kappa shape index (κ2) is 5.12. The Morgan fingerprint density at radius 3 is 2.43 bits per heavy atom. The molecule has 72 valence electrons. The van der Waals surface area contributed by atoms with E-state index in [2.05, 4.69) is 0 Å². The second-order valence-electron chi connectivity index (χ2n) is 2.88. The molecule has 0 aromatic heterocycles. The number of ketones is 1. The Morgan fingerprint density at radius 1 is 1.21 bits per heavy atom. The van der Waals surface area contributed by atoms with Crippen LogP contribution in [0.5, 0.6) is 0 Å². The first-order valence-electron chi connectivity index (χ1n) is 4.29. The average molecular weight is 190 g/mol. The molecule has 1 rings (SSSR count). The summed E-state index contributed by atoms with van der Waals surface area (Å²) < 4.78 is 12.5. The fourth-order valence-corrected chi connectivity index (χ4v) is 0.932. The topological polar surface area (TPSA) is 17.1 Å². The van der Waals surface area contributed by atoms with Crippen LogP contribution in [-0.2, 0) is 4.79 Å². The minimum Gasteiger partial charge on any atom is -0.295 e. The minimum absolute atomic E-state index is 0.00811. The van der Waals surface area contributed by atoms with Gasteiger partial charge in [0.05, 0.1) is 0 Å². The molecular weight excluding hydrogens is 179 g/mol. The zero-order valence-electron chi connectivity index (χ0n) is 7.91. The minimum atomic E-state index is -0.249. The van der Waals surface area contributed by atoms with Gasteiger partial charge in [0.1, 0.15) is 5.82 Å². The Kier molecular flexibility index (Phi) is 3.80. The first-order chi connectivity index (χ1) is 6.68. The molecule has 14 heavy (non-hydrogen) atoms. The zero-order chi connectivity index (χ0) is 10.4. The molecule has 0 saturated heterocycles. The number of carbonyl (C=O) groups excluding carboxylic acids is 1. The highest BCUT2D eigenvalue weighted by Gasteiger charge is 1.87. The van der Waals surface area contributed by atoms with Gasteiger partial charge >= 0.3 is 0 Å². The maximum absolute atomic E-state index is 12.5. The molecular formula is C12H11FO. The molecule has 0 aliphatic rings. The van der Waals surface area contributed by atoms with Crippen LogP contribution in [0.15, 0.2) is 42.5 Å². The van der Waals surface area contributed by atoms with Crippen LogP contribution in [0.3, 0.4) is 0 Å². The van der Waals surface area contributed by atoms with E-state index in [9.17, 15) is 9.18 Å². The number of allylic oxidation sites excluding steroid dienone is 3. The Balaban J connectivity index is 2.60. The van der Waals surface area contributed by atoms with Crippen molar-refractivity contribution in [2.24, 2.45) is 0 Å². The molecule has 0 aliphatic heterocycles. The fourth-order valence-electron chi connectivity index (χ4n) is 0.932. The molecule has 0 heterocycles. The van der Waals surface area contributed by atoms with Crippen molar-refractivity contribution in [1.82, 2.24) is 0 Å². The summed E-state index contributed by atoms with van der Waals surface area (Å²) in [6.45, 7) is 1.49. The third-order valence-electron chi connectivity index (χ3n) is 1.60. The molecule has 0 saturated carbocycles. The Hall–Kier alpha value is -1.70. The average Bonchev–Trinajstić information content (AvgIpc) is 2.15. The molecule has 0 atom stereocenters. The molecule has 0 radical (unpaired) electrons. The van der Waals surface area contributed by atoms with E-state index in [0.717, 1.165) is 5.56 Å². The lowest BCUT2D eigenvalue weighted by molar-refractivity contribution is -0.112. The molecule has 0 amide bonds. The van der Waals surface area contributed by atoms with Gasteiger partial charge < -0.3 is 0 Å². The quantitative estimate of drug-likeness (QED) is 0.529. The predicted molar refractivity (Wildman–Crippen MR) is 55.3 cm³/mol. The normalized spacial score (nSPS) is 11.3. The smallest absolute Gasteiger partial charge is 0.152 e. The summed E-state index contributed by atoms with van der Waals surface area (Å²) in [7, 11) is 0. The van der Waals surface area contributed by atoms with Crippen molar-refractivity contribution in [3.8, 4) is 0 Å². The van der Waals surface area contributed by atoms with Crippen molar-refractivity contribution in [2.45, 2.75) is 6.92 Å². The van der Waals surface area contributed by atoms with Crippen LogP contribution in [-0.4, -0.2) is 5.78 Å². The molecule has 0 unspecified atom stereocenters. The van der Waals surface area contributed by atoms with Crippen LogP contribution in [0.25, 0.3) is 6.08 Å². The van der Waals surface area contributed by atoms with E-state index < -0.39 is 0 Å². The van der Waals surface area contributed by atoms with Gasteiger partial charge in [-0.3, -0.25) is 4.79 Å². The molecule has 0 bridgehead atoms. The van der Waals surface area contributed by atoms with Gasteiger partial charge in [0, 0.05) is 0 Å².